The highest BCUT2D eigenvalue weighted by Crippen LogP contribution is 2.69. The highest BCUT2D eigenvalue weighted by Gasteiger charge is 2.45. The molecule has 0 amide bonds. The van der Waals surface area contributed by atoms with Crippen LogP contribution in [0.2, 0.25) is 0 Å². The average molecular weight is 993 g/mol. The van der Waals surface area contributed by atoms with Crippen LogP contribution in [0.5, 0.6) is 17.2 Å². The number of nitrogens with one attached hydrogen (secondary N) is 1. The Morgan fingerprint density at radius 3 is 1.98 bits per heavy atom. The number of benzene rings is 2. The van der Waals surface area contributed by atoms with Gasteiger partial charge in [0.1, 0.15) is 30.0 Å². The van der Waals surface area contributed by atoms with Crippen molar-refractivity contribution >= 4 is 41.4 Å². The van der Waals surface area contributed by atoms with Gasteiger partial charge in [-0.3, -0.25) is 37.8 Å². The Kier molecular flexibility index (Phi) is 21.8. The third-order valence-electron chi connectivity index (χ3n) is 8.42. The molecule has 3 aromatic rings. The summed E-state index contributed by atoms with van der Waals surface area (Å²) in [6.07, 6.45) is 2.78. The topological polar surface area (TPSA) is 308 Å². The fourth-order valence-corrected chi connectivity index (χ4v) is 9.22. The van der Waals surface area contributed by atoms with Crippen LogP contribution >= 0.6 is 23.5 Å². The SMILES string of the molecule is CCCCC(=O)Oc1ccc(COP(=O)(Oc2ccc(OC(=O)CCC(=O)OCCOCCOCCOC)cc2)OP(=O)(O)OP(=O)(O)OC[C@@H]2C=C[C@H](n3cc(C)c(=O)[nH]c3=O)O2)cc1. The second-order valence-corrected chi connectivity index (χ2v) is 18.5. The van der Waals surface area contributed by atoms with E-state index in [1.165, 1.54) is 61.7 Å². The lowest BCUT2D eigenvalue weighted by molar-refractivity contribution is -0.148. The smallest absolute Gasteiger partial charge is 0.463 e. The number of hydrogen-bond acceptors (Lipinski definition) is 20. The Balaban J connectivity index is 1.34. The number of phosphoric acid groups is 3. The molecular weight excluding hydrogens is 941 g/mol. The zero-order valence-corrected chi connectivity index (χ0v) is 38.7. The van der Waals surface area contributed by atoms with Gasteiger partial charge in [-0.15, -0.1) is 0 Å². The molecule has 0 fully saturated rings. The van der Waals surface area contributed by atoms with Gasteiger partial charge in [0.15, 0.2) is 6.23 Å². The van der Waals surface area contributed by atoms with Crippen molar-refractivity contribution < 1.29 is 93.2 Å². The molecule has 2 aromatic carbocycles. The Bertz CT molecular complexity index is 2350. The number of aromatic nitrogens is 2. The van der Waals surface area contributed by atoms with Gasteiger partial charge in [0.25, 0.3) is 5.56 Å². The number of aryl methyl sites for hydroxylation is 1. The second-order valence-electron chi connectivity index (χ2n) is 13.7. The number of aromatic amines is 1. The molecular formula is C39H51N2O22P3. The van der Waals surface area contributed by atoms with Crippen molar-refractivity contribution in [3.63, 3.8) is 0 Å². The number of carbonyl (C=O) groups is 3. The first-order chi connectivity index (χ1) is 31.4. The molecule has 66 heavy (non-hydrogen) atoms. The number of unbranched alkanes of at least 4 members (excludes halogenated alkanes) is 1. The van der Waals surface area contributed by atoms with E-state index in [0.29, 0.717) is 26.2 Å². The van der Waals surface area contributed by atoms with Crippen LogP contribution in [0, 0.1) is 6.92 Å². The van der Waals surface area contributed by atoms with Gasteiger partial charge in [0.2, 0.25) is 0 Å². The van der Waals surface area contributed by atoms with Crippen LogP contribution in [0.25, 0.3) is 0 Å². The molecule has 4 rings (SSSR count). The summed E-state index contributed by atoms with van der Waals surface area (Å²) < 4.78 is 102. The van der Waals surface area contributed by atoms with Crippen LogP contribution in [0.1, 0.15) is 56.4 Å². The first-order valence-corrected chi connectivity index (χ1v) is 24.6. The molecule has 5 atom stereocenters. The number of rotatable bonds is 30. The molecule has 24 nitrogen and oxygen atoms in total. The van der Waals surface area contributed by atoms with Gasteiger partial charge in [-0.05, 0) is 61.4 Å². The molecule has 1 aliphatic rings. The van der Waals surface area contributed by atoms with E-state index in [-0.39, 0.29) is 67.5 Å². The van der Waals surface area contributed by atoms with E-state index in [2.05, 4.69) is 9.29 Å². The van der Waals surface area contributed by atoms with Crippen molar-refractivity contribution in [3.05, 3.63) is 98.8 Å². The number of ether oxygens (including phenoxy) is 7. The van der Waals surface area contributed by atoms with E-state index >= 15 is 0 Å². The molecule has 0 spiro atoms. The summed E-state index contributed by atoms with van der Waals surface area (Å²) >= 11 is 0. The van der Waals surface area contributed by atoms with E-state index in [1.807, 2.05) is 6.92 Å². The molecule has 0 aliphatic carbocycles. The van der Waals surface area contributed by atoms with Crippen molar-refractivity contribution in [3.8, 4) is 17.2 Å². The van der Waals surface area contributed by atoms with Crippen LogP contribution in [0.3, 0.4) is 0 Å². The predicted octanol–water partition coefficient (Wildman–Crippen LogP) is 4.96. The number of hydrogen-bond donors (Lipinski definition) is 3. The van der Waals surface area contributed by atoms with E-state index < -0.39 is 78.2 Å². The highest BCUT2D eigenvalue weighted by atomic mass is 31.3. The minimum absolute atomic E-state index is 0.0429. The first kappa shape index (κ1) is 54.0. The van der Waals surface area contributed by atoms with Gasteiger partial charge in [-0.2, -0.15) is 8.62 Å². The predicted molar refractivity (Wildman–Crippen MR) is 227 cm³/mol. The summed E-state index contributed by atoms with van der Waals surface area (Å²) in [5, 5.41) is 0. The first-order valence-electron chi connectivity index (χ1n) is 20.1. The number of phosphoric ester groups is 2. The molecule has 0 radical (unpaired) electrons. The van der Waals surface area contributed by atoms with Crippen LogP contribution in [0.4, 0.5) is 0 Å². The summed E-state index contributed by atoms with van der Waals surface area (Å²) in [6, 6.07) is 10.2. The monoisotopic (exact) mass is 992 g/mol. The maximum atomic E-state index is 14.0. The molecule has 3 N–H and O–H groups in total. The summed E-state index contributed by atoms with van der Waals surface area (Å²) in [4.78, 5) is 83.4. The summed E-state index contributed by atoms with van der Waals surface area (Å²) in [5.74, 6) is -2.16. The van der Waals surface area contributed by atoms with Crippen molar-refractivity contribution in [2.45, 2.75) is 64.9 Å². The van der Waals surface area contributed by atoms with Crippen molar-refractivity contribution in [1.29, 1.82) is 0 Å². The van der Waals surface area contributed by atoms with Crippen molar-refractivity contribution in [2.24, 2.45) is 0 Å². The number of methoxy groups -OCH3 is 1. The Hall–Kier alpha value is -4.64. The Labute approximate surface area is 377 Å². The lowest BCUT2D eigenvalue weighted by atomic mass is 10.2. The standard InChI is InChI=1S/C39H51N2O22P3/c1-4-5-6-36(43)59-30-9-7-29(8-10-30)26-57-66(51,61-32-13-11-31(12-14-32)60-37(44)18-17-35(42)55-24-23-54-22-21-53-20-19-52-3)63-65(49,50)62-64(47,48)56-27-33-15-16-34(58-33)41-25-28(2)38(45)40-39(41)46/h7-16,25,33-34H,4-6,17-24,26-27H2,1-3H3,(H,47,48)(H,49,50)(H,40,45,46)/t33-,34+,66?/m0/s1. The van der Waals surface area contributed by atoms with Gasteiger partial charge in [-0.25, -0.2) is 18.5 Å². The number of nitrogens with zero attached hydrogens (tertiary/aromatic N) is 1. The molecule has 27 heteroatoms. The largest absolute Gasteiger partial charge is 0.539 e. The number of H-pyrrole nitrogens is 1. The third-order valence-corrected chi connectivity index (χ3v) is 13.0. The lowest BCUT2D eigenvalue weighted by Gasteiger charge is -2.22. The lowest BCUT2D eigenvalue weighted by Crippen LogP contribution is -2.33. The van der Waals surface area contributed by atoms with Crippen LogP contribution in [0.15, 0.2) is 76.5 Å². The molecule has 1 aliphatic heterocycles. The van der Waals surface area contributed by atoms with Gasteiger partial charge < -0.3 is 47.5 Å². The second kappa shape index (κ2) is 26.6. The number of esters is 3. The van der Waals surface area contributed by atoms with E-state index in [9.17, 15) is 47.5 Å². The van der Waals surface area contributed by atoms with Gasteiger partial charge in [0.05, 0.1) is 59.1 Å². The van der Waals surface area contributed by atoms with Crippen LogP contribution < -0.4 is 25.2 Å². The summed E-state index contributed by atoms with van der Waals surface area (Å²) in [7, 11) is -15.2. The molecule has 2 heterocycles. The quantitative estimate of drug-likeness (QED) is 0.0261. The van der Waals surface area contributed by atoms with E-state index in [1.54, 1.807) is 7.11 Å². The summed E-state index contributed by atoms with van der Waals surface area (Å²) in [5.41, 5.74) is -0.943. The molecule has 0 saturated heterocycles. The third kappa shape index (κ3) is 19.7. The molecule has 364 valence electrons. The zero-order valence-electron chi connectivity index (χ0n) is 36.0. The van der Waals surface area contributed by atoms with Crippen molar-refractivity contribution in [1.82, 2.24) is 9.55 Å². The fourth-order valence-electron chi connectivity index (χ4n) is 5.19. The normalized spacial score (nSPS) is 17.3. The molecule has 0 bridgehead atoms. The van der Waals surface area contributed by atoms with Crippen LogP contribution in [-0.2, 0) is 76.0 Å². The minimum Gasteiger partial charge on any atom is -0.463 e. The average Bonchev–Trinajstić information content (AvgIpc) is 3.74. The summed E-state index contributed by atoms with van der Waals surface area (Å²) in [6.45, 7) is 3.55. The zero-order chi connectivity index (χ0) is 48.2. The Morgan fingerprint density at radius 2 is 1.33 bits per heavy atom. The fraction of sp³-hybridized carbons (Fsp3) is 0.462. The van der Waals surface area contributed by atoms with Crippen molar-refractivity contribution in [2.75, 3.05) is 53.4 Å². The van der Waals surface area contributed by atoms with E-state index in [0.717, 1.165) is 23.1 Å². The van der Waals surface area contributed by atoms with Gasteiger partial charge in [0, 0.05) is 25.3 Å². The van der Waals surface area contributed by atoms with E-state index in [4.69, 9.17) is 51.0 Å². The molecule has 0 saturated carbocycles. The molecule has 1 aromatic heterocycles. The minimum atomic E-state index is -5.90. The Morgan fingerprint density at radius 1 is 0.742 bits per heavy atom. The molecule has 3 unspecified atom stereocenters. The number of carbonyl (C=O) groups excluding carboxylic acids is 3. The van der Waals surface area contributed by atoms with Crippen LogP contribution in [-0.4, -0.2) is 96.7 Å². The maximum Gasteiger partial charge on any atom is 0.539 e. The maximum absolute atomic E-state index is 14.0. The van der Waals surface area contributed by atoms with Gasteiger partial charge in [-0.1, -0.05) is 31.6 Å². The van der Waals surface area contributed by atoms with Gasteiger partial charge >= 0.3 is 47.1 Å². The highest BCUT2D eigenvalue weighted by molar-refractivity contribution is 7.67.